The van der Waals surface area contributed by atoms with Crippen molar-refractivity contribution in [3.05, 3.63) is 66.0 Å². The van der Waals surface area contributed by atoms with Crippen molar-refractivity contribution >= 4 is 34.7 Å². The van der Waals surface area contributed by atoms with Crippen LogP contribution in [-0.2, 0) is 4.79 Å². The number of carbonyl (C=O) groups excluding carboxylic acids is 1. The number of hydrogen-bond acceptors (Lipinski definition) is 4. The van der Waals surface area contributed by atoms with E-state index in [1.54, 1.807) is 23.1 Å². The lowest BCUT2D eigenvalue weighted by molar-refractivity contribution is -0.114. The Labute approximate surface area is 150 Å². The van der Waals surface area contributed by atoms with Crippen LogP contribution in [0.1, 0.15) is 5.56 Å². The van der Waals surface area contributed by atoms with Crippen molar-refractivity contribution in [3.8, 4) is 0 Å². The van der Waals surface area contributed by atoms with Gasteiger partial charge < -0.3 is 4.90 Å². The molecule has 1 amide bonds. The molecule has 0 fully saturated rings. The molecular formula is C20H17FN4O. The van der Waals surface area contributed by atoms with Gasteiger partial charge in [-0.05, 0) is 35.9 Å². The Morgan fingerprint density at radius 2 is 1.77 bits per heavy atom. The monoisotopic (exact) mass is 348 g/mol. The van der Waals surface area contributed by atoms with Crippen molar-refractivity contribution in [1.29, 1.82) is 0 Å². The number of aromatic nitrogens is 2. The topological polar surface area (TPSA) is 49.3 Å². The van der Waals surface area contributed by atoms with E-state index in [-0.39, 0.29) is 11.7 Å². The summed E-state index contributed by atoms with van der Waals surface area (Å²) in [4.78, 5) is 25.6. The number of rotatable bonds is 2. The lowest BCUT2D eigenvalue weighted by atomic mass is 10.2. The van der Waals surface area contributed by atoms with Crippen LogP contribution in [0.15, 0.2) is 54.6 Å². The molecule has 0 aliphatic carbocycles. The predicted molar refractivity (Wildman–Crippen MR) is 101 cm³/mol. The van der Waals surface area contributed by atoms with Gasteiger partial charge in [0.1, 0.15) is 5.82 Å². The van der Waals surface area contributed by atoms with E-state index in [4.69, 9.17) is 0 Å². The summed E-state index contributed by atoms with van der Waals surface area (Å²) in [5.74, 6) is 0.698. The molecular weight excluding hydrogens is 331 g/mol. The lowest BCUT2D eigenvalue weighted by Crippen LogP contribution is -2.43. The van der Waals surface area contributed by atoms with E-state index >= 15 is 0 Å². The Bertz CT molecular complexity index is 1020. The van der Waals surface area contributed by atoms with Crippen molar-refractivity contribution < 1.29 is 9.18 Å². The molecule has 1 aliphatic rings. The molecule has 0 saturated carbocycles. The predicted octanol–water partition coefficient (Wildman–Crippen LogP) is 3.27. The number of halogens is 1. The summed E-state index contributed by atoms with van der Waals surface area (Å²) in [6, 6.07) is 13.7. The van der Waals surface area contributed by atoms with Crippen LogP contribution in [0.5, 0.6) is 0 Å². The number of para-hydroxylation sites is 2. The molecule has 0 radical (unpaired) electrons. The Balaban J connectivity index is 1.68. The van der Waals surface area contributed by atoms with E-state index in [1.807, 2.05) is 36.2 Å². The molecule has 3 aromatic rings. The van der Waals surface area contributed by atoms with E-state index in [0.29, 0.717) is 30.3 Å². The Hall–Kier alpha value is -3.28. The molecule has 0 atom stereocenters. The zero-order chi connectivity index (χ0) is 18.1. The zero-order valence-electron chi connectivity index (χ0n) is 14.3. The van der Waals surface area contributed by atoms with Crippen molar-refractivity contribution in [2.45, 2.75) is 0 Å². The highest BCUT2D eigenvalue weighted by Gasteiger charge is 2.27. The average Bonchev–Trinajstić information content (AvgIpc) is 2.65. The standard InChI is InChI=1S/C20H17FN4O/c1-24-11-12-25(18(26)10-9-14-5-4-6-15(21)13-14)20-19(24)22-16-7-2-3-8-17(16)23-20/h2-10,13H,11-12H2,1H3/b10-9+. The fourth-order valence-corrected chi connectivity index (χ4v) is 2.96. The molecule has 1 aromatic heterocycles. The van der Waals surface area contributed by atoms with Crippen LogP contribution in [0.2, 0.25) is 0 Å². The molecule has 1 aliphatic heterocycles. The maximum atomic E-state index is 13.3. The number of hydrogen-bond donors (Lipinski definition) is 0. The van der Waals surface area contributed by atoms with Crippen LogP contribution in [0.4, 0.5) is 16.0 Å². The first kappa shape index (κ1) is 16.2. The van der Waals surface area contributed by atoms with Crippen LogP contribution in [0, 0.1) is 5.82 Å². The minimum absolute atomic E-state index is 0.201. The molecule has 0 N–H and O–H groups in total. The lowest BCUT2D eigenvalue weighted by Gasteiger charge is -2.33. The van der Waals surface area contributed by atoms with Crippen molar-refractivity contribution in [2.24, 2.45) is 0 Å². The molecule has 0 unspecified atom stereocenters. The van der Waals surface area contributed by atoms with Gasteiger partial charge in [0.25, 0.3) is 5.91 Å². The normalized spacial score (nSPS) is 14.1. The number of nitrogens with zero attached hydrogens (tertiary/aromatic N) is 4. The third-order valence-corrected chi connectivity index (χ3v) is 4.34. The minimum Gasteiger partial charge on any atom is -0.355 e. The fourth-order valence-electron chi connectivity index (χ4n) is 2.96. The van der Waals surface area contributed by atoms with E-state index in [2.05, 4.69) is 9.97 Å². The first-order valence-corrected chi connectivity index (χ1v) is 8.35. The second-order valence-corrected chi connectivity index (χ2v) is 6.16. The molecule has 6 heteroatoms. The maximum Gasteiger partial charge on any atom is 0.252 e. The molecule has 0 bridgehead atoms. The quantitative estimate of drug-likeness (QED) is 0.667. The number of anilines is 2. The summed E-state index contributed by atoms with van der Waals surface area (Å²) < 4.78 is 13.3. The van der Waals surface area contributed by atoms with Gasteiger partial charge in [-0.3, -0.25) is 9.69 Å². The maximum absolute atomic E-state index is 13.3. The SMILES string of the molecule is CN1CCN(C(=O)/C=C/c2cccc(F)c2)c2nc3ccccc3nc21. The second-order valence-electron chi connectivity index (χ2n) is 6.16. The molecule has 0 spiro atoms. The first-order valence-electron chi connectivity index (χ1n) is 8.35. The molecule has 4 rings (SSSR count). The number of benzene rings is 2. The summed E-state index contributed by atoms with van der Waals surface area (Å²) in [6.45, 7) is 1.18. The summed E-state index contributed by atoms with van der Waals surface area (Å²) in [6.07, 6.45) is 3.05. The number of amides is 1. The van der Waals surface area contributed by atoms with E-state index < -0.39 is 0 Å². The summed E-state index contributed by atoms with van der Waals surface area (Å²) in [5, 5.41) is 0. The second kappa shape index (κ2) is 6.55. The van der Waals surface area contributed by atoms with Crippen LogP contribution >= 0.6 is 0 Å². The van der Waals surface area contributed by atoms with Gasteiger partial charge >= 0.3 is 0 Å². The third kappa shape index (κ3) is 3.01. The highest BCUT2D eigenvalue weighted by Crippen LogP contribution is 2.30. The number of carbonyl (C=O) groups is 1. The van der Waals surface area contributed by atoms with Crippen LogP contribution in [0.25, 0.3) is 17.1 Å². The largest absolute Gasteiger partial charge is 0.355 e. The Morgan fingerprint density at radius 3 is 2.50 bits per heavy atom. The van der Waals surface area contributed by atoms with Crippen molar-refractivity contribution in [1.82, 2.24) is 9.97 Å². The van der Waals surface area contributed by atoms with Gasteiger partial charge in [0.2, 0.25) is 0 Å². The smallest absolute Gasteiger partial charge is 0.252 e. The van der Waals surface area contributed by atoms with Gasteiger partial charge in [0, 0.05) is 26.2 Å². The summed E-state index contributed by atoms with van der Waals surface area (Å²) in [5.41, 5.74) is 2.17. The molecule has 26 heavy (non-hydrogen) atoms. The highest BCUT2D eigenvalue weighted by atomic mass is 19.1. The van der Waals surface area contributed by atoms with Gasteiger partial charge in [-0.2, -0.15) is 0 Å². The van der Waals surface area contributed by atoms with E-state index in [9.17, 15) is 9.18 Å². The molecule has 0 saturated heterocycles. The van der Waals surface area contributed by atoms with Crippen LogP contribution in [-0.4, -0.2) is 36.0 Å². The van der Waals surface area contributed by atoms with Gasteiger partial charge in [-0.25, -0.2) is 14.4 Å². The molecule has 130 valence electrons. The van der Waals surface area contributed by atoms with Gasteiger partial charge in [-0.1, -0.05) is 24.3 Å². The molecule has 2 aromatic carbocycles. The first-order chi connectivity index (χ1) is 12.6. The number of fused-ring (bicyclic) bond motifs is 2. The van der Waals surface area contributed by atoms with Crippen molar-refractivity contribution in [3.63, 3.8) is 0 Å². The van der Waals surface area contributed by atoms with Crippen LogP contribution in [0.3, 0.4) is 0 Å². The van der Waals surface area contributed by atoms with E-state index in [1.165, 1.54) is 18.2 Å². The van der Waals surface area contributed by atoms with E-state index in [0.717, 1.165) is 11.0 Å². The zero-order valence-corrected chi connectivity index (χ0v) is 14.3. The molecule has 2 heterocycles. The molecule has 5 nitrogen and oxygen atoms in total. The number of likely N-dealkylation sites (N-methyl/N-ethyl adjacent to an activating group) is 1. The Kier molecular flexibility index (Phi) is 4.08. The minimum atomic E-state index is -0.332. The Morgan fingerprint density at radius 1 is 1.04 bits per heavy atom. The van der Waals surface area contributed by atoms with Crippen LogP contribution < -0.4 is 9.80 Å². The average molecular weight is 348 g/mol. The van der Waals surface area contributed by atoms with Gasteiger partial charge in [-0.15, -0.1) is 0 Å². The fraction of sp³-hybridized carbons (Fsp3) is 0.150. The van der Waals surface area contributed by atoms with Crippen molar-refractivity contribution in [2.75, 3.05) is 29.9 Å². The van der Waals surface area contributed by atoms with Gasteiger partial charge in [0.05, 0.1) is 11.0 Å². The summed E-state index contributed by atoms with van der Waals surface area (Å²) in [7, 11) is 1.94. The summed E-state index contributed by atoms with van der Waals surface area (Å²) >= 11 is 0. The highest BCUT2D eigenvalue weighted by molar-refractivity contribution is 6.05. The third-order valence-electron chi connectivity index (χ3n) is 4.34. The van der Waals surface area contributed by atoms with Gasteiger partial charge in [0.15, 0.2) is 11.6 Å².